The molecule has 3 heterocycles. The lowest BCUT2D eigenvalue weighted by Crippen LogP contribution is -2.27. The number of carbonyl (C=O) groups excluding carboxylic acids is 1. The summed E-state index contributed by atoms with van der Waals surface area (Å²) in [5, 5.41) is 16.8. The average Bonchev–Trinajstić information content (AvgIpc) is 3.17. The Morgan fingerprint density at radius 3 is 3.19 bits per heavy atom. The first-order chi connectivity index (χ1) is 10.2. The van der Waals surface area contributed by atoms with E-state index < -0.39 is 6.10 Å². The summed E-state index contributed by atoms with van der Waals surface area (Å²) in [7, 11) is 0. The number of rotatable bonds is 5. The molecule has 0 aliphatic carbocycles. The van der Waals surface area contributed by atoms with E-state index in [4.69, 9.17) is 9.15 Å². The summed E-state index contributed by atoms with van der Waals surface area (Å²) in [6.07, 6.45) is 1.16. The maximum atomic E-state index is 12.1. The molecule has 7 nitrogen and oxygen atoms in total. The highest BCUT2D eigenvalue weighted by Crippen LogP contribution is 2.25. The Hall–Kier alpha value is -2.28. The maximum Gasteiger partial charge on any atom is 0.272 e. The van der Waals surface area contributed by atoms with E-state index in [9.17, 15) is 9.90 Å². The van der Waals surface area contributed by atoms with Crippen LogP contribution >= 0.6 is 0 Å². The van der Waals surface area contributed by atoms with Crippen molar-refractivity contribution in [3.8, 4) is 5.88 Å². The van der Waals surface area contributed by atoms with Crippen LogP contribution in [-0.4, -0.2) is 33.9 Å². The molecule has 2 N–H and O–H groups in total. The first-order valence-electron chi connectivity index (χ1n) is 6.86. The molecule has 2 aromatic heterocycles. The predicted octanol–water partition coefficient (Wildman–Crippen LogP) is 1.03. The molecular formula is C14H17N3O4. The lowest BCUT2D eigenvalue weighted by Gasteiger charge is -2.08. The highest BCUT2D eigenvalue weighted by Gasteiger charge is 2.24. The van der Waals surface area contributed by atoms with Gasteiger partial charge >= 0.3 is 0 Å². The van der Waals surface area contributed by atoms with Crippen LogP contribution in [0.1, 0.15) is 34.3 Å². The molecule has 1 aliphatic heterocycles. The molecule has 0 saturated carbocycles. The van der Waals surface area contributed by atoms with Gasteiger partial charge in [-0.15, -0.1) is 0 Å². The highest BCUT2D eigenvalue weighted by atomic mass is 16.5. The second kappa shape index (κ2) is 5.61. The number of fused-ring (bicyclic) bond motifs is 1. The number of aliphatic hydroxyl groups is 1. The van der Waals surface area contributed by atoms with Crippen molar-refractivity contribution >= 4 is 5.91 Å². The molecule has 0 spiro atoms. The van der Waals surface area contributed by atoms with Crippen molar-refractivity contribution in [1.29, 1.82) is 0 Å². The van der Waals surface area contributed by atoms with Gasteiger partial charge in [-0.1, -0.05) is 0 Å². The molecule has 0 saturated heterocycles. The van der Waals surface area contributed by atoms with E-state index >= 15 is 0 Å². The van der Waals surface area contributed by atoms with Gasteiger partial charge in [0, 0.05) is 12.1 Å². The molecule has 0 bridgehead atoms. The zero-order valence-electron chi connectivity index (χ0n) is 11.7. The van der Waals surface area contributed by atoms with Crippen molar-refractivity contribution in [2.45, 2.75) is 26.0 Å². The van der Waals surface area contributed by atoms with Gasteiger partial charge in [-0.05, 0) is 25.5 Å². The Balaban J connectivity index is 1.55. The quantitative estimate of drug-likeness (QED) is 0.859. The zero-order chi connectivity index (χ0) is 14.8. The van der Waals surface area contributed by atoms with Gasteiger partial charge in [-0.2, -0.15) is 5.10 Å². The van der Waals surface area contributed by atoms with Crippen LogP contribution in [-0.2, 0) is 6.54 Å². The van der Waals surface area contributed by atoms with Gasteiger partial charge in [0.2, 0.25) is 5.88 Å². The van der Waals surface area contributed by atoms with Gasteiger partial charge in [0.1, 0.15) is 18.5 Å². The van der Waals surface area contributed by atoms with Crippen LogP contribution in [0.3, 0.4) is 0 Å². The van der Waals surface area contributed by atoms with Gasteiger partial charge in [-0.3, -0.25) is 4.79 Å². The molecule has 21 heavy (non-hydrogen) atoms. The van der Waals surface area contributed by atoms with Crippen LogP contribution in [0.15, 0.2) is 22.8 Å². The fourth-order valence-corrected chi connectivity index (χ4v) is 2.34. The van der Waals surface area contributed by atoms with Gasteiger partial charge in [-0.25, -0.2) is 4.68 Å². The second-order valence-electron chi connectivity index (χ2n) is 4.93. The van der Waals surface area contributed by atoms with Crippen LogP contribution in [0.2, 0.25) is 0 Å². The lowest BCUT2D eigenvalue weighted by molar-refractivity contribution is 0.0929. The third-order valence-corrected chi connectivity index (χ3v) is 3.46. The lowest BCUT2D eigenvalue weighted by atomic mass is 10.2. The highest BCUT2D eigenvalue weighted by molar-refractivity contribution is 5.94. The maximum absolute atomic E-state index is 12.1. The number of ether oxygens (including phenoxy) is 1. The van der Waals surface area contributed by atoms with E-state index in [2.05, 4.69) is 10.4 Å². The Kier molecular flexibility index (Phi) is 3.66. The number of nitrogens with one attached hydrogen (secondary N) is 1. The van der Waals surface area contributed by atoms with E-state index in [0.29, 0.717) is 43.5 Å². The number of nitrogens with zero attached hydrogens (tertiary/aromatic N) is 2. The van der Waals surface area contributed by atoms with E-state index in [1.807, 2.05) is 6.92 Å². The summed E-state index contributed by atoms with van der Waals surface area (Å²) >= 11 is 0. The molecule has 7 heteroatoms. The van der Waals surface area contributed by atoms with Crippen LogP contribution < -0.4 is 10.1 Å². The minimum absolute atomic E-state index is 0.260. The zero-order valence-corrected chi connectivity index (χ0v) is 11.7. The predicted molar refractivity (Wildman–Crippen MR) is 73.1 cm³/mol. The van der Waals surface area contributed by atoms with Gasteiger partial charge < -0.3 is 19.6 Å². The standard InChI is InChI=1S/C14H17N3O4/c1-9-12(16-17-6-8-21-14(9)17)13(19)15-5-4-10(18)11-3-2-7-20-11/h2-3,7,10,18H,4-6,8H2,1H3,(H,15,19). The Bertz CT molecular complexity index is 633. The van der Waals surface area contributed by atoms with Crippen LogP contribution in [0.5, 0.6) is 5.88 Å². The van der Waals surface area contributed by atoms with Crippen LogP contribution in [0.4, 0.5) is 0 Å². The topological polar surface area (TPSA) is 89.5 Å². The number of hydrogen-bond acceptors (Lipinski definition) is 5. The Labute approximate surface area is 121 Å². The smallest absolute Gasteiger partial charge is 0.272 e. The summed E-state index contributed by atoms with van der Waals surface area (Å²) < 4.78 is 12.2. The van der Waals surface area contributed by atoms with E-state index in [1.165, 1.54) is 6.26 Å². The Morgan fingerprint density at radius 1 is 1.62 bits per heavy atom. The van der Waals surface area contributed by atoms with E-state index in [-0.39, 0.29) is 5.91 Å². The fourth-order valence-electron chi connectivity index (χ4n) is 2.34. The van der Waals surface area contributed by atoms with Crippen molar-refractivity contribution in [2.75, 3.05) is 13.2 Å². The number of furan rings is 1. The number of aliphatic hydroxyl groups excluding tert-OH is 1. The van der Waals surface area contributed by atoms with Gasteiger partial charge in [0.05, 0.1) is 12.8 Å². The normalized spacial score (nSPS) is 14.6. The summed E-state index contributed by atoms with van der Waals surface area (Å²) in [4.78, 5) is 12.1. The summed E-state index contributed by atoms with van der Waals surface area (Å²) in [6, 6.07) is 3.42. The number of aromatic nitrogens is 2. The van der Waals surface area contributed by atoms with Crippen molar-refractivity contribution in [1.82, 2.24) is 15.1 Å². The van der Waals surface area contributed by atoms with Crippen LogP contribution in [0, 0.1) is 6.92 Å². The van der Waals surface area contributed by atoms with Crippen molar-refractivity contribution in [3.63, 3.8) is 0 Å². The van der Waals surface area contributed by atoms with Crippen LogP contribution in [0.25, 0.3) is 0 Å². The fraction of sp³-hybridized carbons (Fsp3) is 0.429. The summed E-state index contributed by atoms with van der Waals surface area (Å²) in [5.74, 6) is 0.898. The minimum atomic E-state index is -0.725. The van der Waals surface area contributed by atoms with E-state index in [0.717, 1.165) is 5.56 Å². The Morgan fingerprint density at radius 2 is 2.48 bits per heavy atom. The average molecular weight is 291 g/mol. The van der Waals surface area contributed by atoms with E-state index in [1.54, 1.807) is 16.8 Å². The molecular weight excluding hydrogens is 274 g/mol. The number of carbonyl (C=O) groups is 1. The summed E-state index contributed by atoms with van der Waals surface area (Å²) in [5.41, 5.74) is 1.12. The van der Waals surface area contributed by atoms with Crippen molar-refractivity contribution in [2.24, 2.45) is 0 Å². The SMILES string of the molecule is Cc1c(C(=O)NCCC(O)c2ccco2)nn2c1OCC2. The van der Waals surface area contributed by atoms with Crippen molar-refractivity contribution < 1.29 is 19.1 Å². The third kappa shape index (κ3) is 2.64. The van der Waals surface area contributed by atoms with Gasteiger partial charge in [0.15, 0.2) is 5.69 Å². The molecule has 1 aliphatic rings. The first-order valence-corrected chi connectivity index (χ1v) is 6.86. The molecule has 0 aromatic carbocycles. The molecule has 1 amide bonds. The number of amides is 1. The molecule has 112 valence electrons. The molecule has 3 rings (SSSR count). The first kappa shape index (κ1) is 13.7. The second-order valence-corrected chi connectivity index (χ2v) is 4.93. The molecule has 0 fully saturated rings. The molecule has 2 aromatic rings. The van der Waals surface area contributed by atoms with Crippen molar-refractivity contribution in [3.05, 3.63) is 35.4 Å². The largest absolute Gasteiger partial charge is 0.476 e. The monoisotopic (exact) mass is 291 g/mol. The summed E-state index contributed by atoms with van der Waals surface area (Å²) in [6.45, 7) is 3.42. The minimum Gasteiger partial charge on any atom is -0.476 e. The molecule has 1 atom stereocenters. The third-order valence-electron chi connectivity index (χ3n) is 3.46. The van der Waals surface area contributed by atoms with Gasteiger partial charge in [0.25, 0.3) is 5.91 Å². The number of hydrogen-bond donors (Lipinski definition) is 2. The molecule has 1 unspecified atom stereocenters. The molecule has 0 radical (unpaired) electrons.